The quantitative estimate of drug-likeness (QED) is 0.858. The summed E-state index contributed by atoms with van der Waals surface area (Å²) in [6.45, 7) is 8.63. The summed E-state index contributed by atoms with van der Waals surface area (Å²) in [5.41, 5.74) is 0. The molecule has 1 aromatic heterocycles. The molecule has 0 radical (unpaired) electrons. The van der Waals surface area contributed by atoms with E-state index in [-0.39, 0.29) is 0 Å². The van der Waals surface area contributed by atoms with Gasteiger partial charge in [0.25, 0.3) is 0 Å². The third-order valence-corrected chi connectivity index (χ3v) is 4.16. The van der Waals surface area contributed by atoms with Gasteiger partial charge in [0, 0.05) is 0 Å². The average molecular weight is 264 g/mol. The monoisotopic (exact) mass is 264 g/mol. The summed E-state index contributed by atoms with van der Waals surface area (Å²) in [5.74, 6) is 2.65. The zero-order chi connectivity index (χ0) is 13.7. The summed E-state index contributed by atoms with van der Waals surface area (Å²) in [4.78, 5) is 4.43. The fraction of sp³-hybridized carbons (Fsp3) is 0.867. The highest BCUT2D eigenvalue weighted by Crippen LogP contribution is 2.34. The van der Waals surface area contributed by atoms with Crippen LogP contribution in [0, 0.1) is 11.8 Å². The lowest BCUT2D eigenvalue weighted by molar-refractivity contribution is 0.242. The maximum atomic E-state index is 4.47. The molecule has 1 heterocycles. The lowest BCUT2D eigenvalue weighted by atomic mass is 9.84. The van der Waals surface area contributed by atoms with Crippen molar-refractivity contribution in [3.63, 3.8) is 0 Å². The van der Waals surface area contributed by atoms with Crippen molar-refractivity contribution in [3.8, 4) is 0 Å². The van der Waals surface area contributed by atoms with Crippen LogP contribution in [-0.4, -0.2) is 21.3 Å². The molecule has 19 heavy (non-hydrogen) atoms. The minimum absolute atomic E-state index is 0.567. The molecule has 1 fully saturated rings. The van der Waals surface area contributed by atoms with Gasteiger partial charge in [-0.2, -0.15) is 5.10 Å². The van der Waals surface area contributed by atoms with Crippen LogP contribution in [0.3, 0.4) is 0 Å². The summed E-state index contributed by atoms with van der Waals surface area (Å²) in [6, 6.07) is 0.567. The van der Waals surface area contributed by atoms with Gasteiger partial charge in [0.15, 0.2) is 0 Å². The number of aromatic nitrogens is 3. The third kappa shape index (κ3) is 4.03. The van der Waals surface area contributed by atoms with Crippen molar-refractivity contribution in [2.75, 3.05) is 6.54 Å². The second kappa shape index (κ2) is 7.04. The molecule has 0 aromatic carbocycles. The first-order valence-corrected chi connectivity index (χ1v) is 7.79. The van der Waals surface area contributed by atoms with Crippen LogP contribution in [0.4, 0.5) is 0 Å². The summed E-state index contributed by atoms with van der Waals surface area (Å²) in [5, 5.41) is 7.94. The van der Waals surface area contributed by atoms with E-state index in [1.807, 2.05) is 0 Å². The summed E-state index contributed by atoms with van der Waals surface area (Å²) >= 11 is 0. The predicted octanol–water partition coefficient (Wildman–Crippen LogP) is 3.17. The normalized spacial score (nSPS) is 24.0. The Bertz CT molecular complexity index is 372. The standard InChI is InChI=1S/C15H28N4/c1-4-13-6-5-7-14(8-13)19-15(17-11-18-19)10-16-9-12(2)3/h11-14,16H,4-10H2,1-3H3. The van der Waals surface area contributed by atoms with E-state index in [1.54, 1.807) is 6.33 Å². The fourth-order valence-corrected chi connectivity index (χ4v) is 3.03. The Labute approximate surface area is 117 Å². The van der Waals surface area contributed by atoms with Gasteiger partial charge in [0.05, 0.1) is 12.6 Å². The molecule has 1 N–H and O–H groups in total. The van der Waals surface area contributed by atoms with E-state index in [0.717, 1.165) is 24.8 Å². The lowest BCUT2D eigenvalue weighted by Gasteiger charge is -2.29. The van der Waals surface area contributed by atoms with E-state index in [0.29, 0.717) is 12.0 Å². The molecule has 0 aliphatic heterocycles. The van der Waals surface area contributed by atoms with Crippen LogP contribution in [0.2, 0.25) is 0 Å². The highest BCUT2D eigenvalue weighted by molar-refractivity contribution is 4.89. The highest BCUT2D eigenvalue weighted by atomic mass is 15.4. The molecule has 4 heteroatoms. The zero-order valence-corrected chi connectivity index (χ0v) is 12.6. The molecule has 0 bridgehead atoms. The predicted molar refractivity (Wildman–Crippen MR) is 77.9 cm³/mol. The molecule has 2 atom stereocenters. The van der Waals surface area contributed by atoms with Crippen molar-refractivity contribution in [3.05, 3.63) is 12.2 Å². The van der Waals surface area contributed by atoms with Crippen molar-refractivity contribution in [1.82, 2.24) is 20.1 Å². The van der Waals surface area contributed by atoms with Crippen LogP contribution in [0.15, 0.2) is 6.33 Å². The summed E-state index contributed by atoms with van der Waals surface area (Å²) < 4.78 is 2.18. The van der Waals surface area contributed by atoms with Crippen molar-refractivity contribution < 1.29 is 0 Å². The van der Waals surface area contributed by atoms with E-state index in [2.05, 4.69) is 40.9 Å². The Kier molecular flexibility index (Phi) is 5.37. The van der Waals surface area contributed by atoms with Gasteiger partial charge in [0.2, 0.25) is 0 Å². The molecule has 1 aliphatic carbocycles. The van der Waals surface area contributed by atoms with E-state index < -0.39 is 0 Å². The van der Waals surface area contributed by atoms with E-state index in [9.17, 15) is 0 Å². The van der Waals surface area contributed by atoms with Crippen molar-refractivity contribution in [1.29, 1.82) is 0 Å². The fourth-order valence-electron chi connectivity index (χ4n) is 3.03. The van der Waals surface area contributed by atoms with E-state index >= 15 is 0 Å². The van der Waals surface area contributed by atoms with Gasteiger partial charge in [-0.1, -0.05) is 40.0 Å². The van der Waals surface area contributed by atoms with Gasteiger partial charge in [-0.05, 0) is 31.2 Å². The second-order valence-electron chi connectivity index (χ2n) is 6.24. The average Bonchev–Trinajstić information content (AvgIpc) is 2.87. The maximum absolute atomic E-state index is 4.47. The van der Waals surface area contributed by atoms with E-state index in [4.69, 9.17) is 0 Å². The molecular formula is C15H28N4. The number of rotatable bonds is 6. The van der Waals surface area contributed by atoms with Crippen LogP contribution >= 0.6 is 0 Å². The maximum Gasteiger partial charge on any atom is 0.141 e. The number of nitrogens with one attached hydrogen (secondary N) is 1. The van der Waals surface area contributed by atoms with Crippen molar-refractivity contribution >= 4 is 0 Å². The molecule has 1 aromatic rings. The third-order valence-electron chi connectivity index (χ3n) is 4.16. The first-order valence-electron chi connectivity index (χ1n) is 7.79. The first kappa shape index (κ1) is 14.5. The molecule has 4 nitrogen and oxygen atoms in total. The van der Waals surface area contributed by atoms with Crippen LogP contribution < -0.4 is 5.32 Å². The molecule has 0 amide bonds. The zero-order valence-electron chi connectivity index (χ0n) is 12.6. The minimum atomic E-state index is 0.567. The van der Waals surface area contributed by atoms with Crippen LogP contribution in [0.5, 0.6) is 0 Å². The molecule has 0 saturated heterocycles. The Hall–Kier alpha value is -0.900. The molecule has 2 rings (SSSR count). The largest absolute Gasteiger partial charge is 0.310 e. The van der Waals surface area contributed by atoms with Crippen LogP contribution in [0.25, 0.3) is 0 Å². The first-order chi connectivity index (χ1) is 9.20. The molecular weight excluding hydrogens is 236 g/mol. The Balaban J connectivity index is 1.94. The summed E-state index contributed by atoms with van der Waals surface area (Å²) in [6.07, 6.45) is 8.27. The Morgan fingerprint density at radius 3 is 3.00 bits per heavy atom. The lowest BCUT2D eigenvalue weighted by Crippen LogP contribution is -2.25. The molecule has 1 aliphatic rings. The van der Waals surface area contributed by atoms with Crippen LogP contribution in [0.1, 0.15) is 64.7 Å². The minimum Gasteiger partial charge on any atom is -0.310 e. The Morgan fingerprint density at radius 2 is 2.26 bits per heavy atom. The van der Waals surface area contributed by atoms with E-state index in [1.165, 1.54) is 32.1 Å². The van der Waals surface area contributed by atoms with Crippen molar-refractivity contribution in [2.24, 2.45) is 11.8 Å². The van der Waals surface area contributed by atoms with Gasteiger partial charge in [-0.3, -0.25) is 0 Å². The number of hydrogen-bond donors (Lipinski definition) is 1. The Morgan fingerprint density at radius 1 is 1.42 bits per heavy atom. The smallest absolute Gasteiger partial charge is 0.141 e. The SMILES string of the molecule is CCC1CCCC(n2ncnc2CNCC(C)C)C1. The van der Waals surface area contributed by atoms with Crippen molar-refractivity contribution in [2.45, 2.75) is 65.5 Å². The van der Waals surface area contributed by atoms with Crippen LogP contribution in [-0.2, 0) is 6.54 Å². The summed E-state index contributed by atoms with van der Waals surface area (Å²) in [7, 11) is 0. The van der Waals surface area contributed by atoms with Gasteiger partial charge < -0.3 is 5.32 Å². The molecule has 0 spiro atoms. The van der Waals surface area contributed by atoms with Gasteiger partial charge >= 0.3 is 0 Å². The second-order valence-corrected chi connectivity index (χ2v) is 6.24. The van der Waals surface area contributed by atoms with Gasteiger partial charge in [0.1, 0.15) is 12.2 Å². The molecule has 1 saturated carbocycles. The number of hydrogen-bond acceptors (Lipinski definition) is 3. The topological polar surface area (TPSA) is 42.7 Å². The highest BCUT2D eigenvalue weighted by Gasteiger charge is 2.24. The van der Waals surface area contributed by atoms with Gasteiger partial charge in [-0.15, -0.1) is 0 Å². The van der Waals surface area contributed by atoms with Gasteiger partial charge in [-0.25, -0.2) is 9.67 Å². The molecule has 2 unspecified atom stereocenters. The number of nitrogens with zero attached hydrogens (tertiary/aromatic N) is 3. The molecule has 108 valence electrons.